The first-order chi connectivity index (χ1) is 10.4. The monoisotopic (exact) mass is 308 g/mol. The van der Waals surface area contributed by atoms with Gasteiger partial charge in [0.05, 0.1) is 5.56 Å². The Morgan fingerprint density at radius 1 is 1.09 bits per heavy atom. The molecule has 3 N–H and O–H groups in total. The van der Waals surface area contributed by atoms with E-state index in [1.54, 1.807) is 36.4 Å². The number of nitrogens with two attached hydrogens (primary N) is 1. The van der Waals surface area contributed by atoms with Crippen LogP contribution in [0.25, 0.3) is 0 Å². The van der Waals surface area contributed by atoms with Gasteiger partial charge in [-0.25, -0.2) is 0 Å². The second kappa shape index (κ2) is 6.62. The topological polar surface area (TPSA) is 55.1 Å². The van der Waals surface area contributed by atoms with Gasteiger partial charge >= 0.3 is 6.18 Å². The molecule has 0 bridgehead atoms. The van der Waals surface area contributed by atoms with Crippen LogP contribution >= 0.6 is 0 Å². The lowest BCUT2D eigenvalue weighted by Crippen LogP contribution is -2.33. The summed E-state index contributed by atoms with van der Waals surface area (Å²) in [7, 11) is 0. The third-order valence-electron chi connectivity index (χ3n) is 3.18. The number of primary amides is 1. The molecule has 1 atom stereocenters. The molecular formula is C16H15F3N2O. The summed E-state index contributed by atoms with van der Waals surface area (Å²) in [6.45, 7) is 0.104. The van der Waals surface area contributed by atoms with Gasteiger partial charge in [0.15, 0.2) is 0 Å². The zero-order chi connectivity index (χ0) is 16.2. The van der Waals surface area contributed by atoms with Crippen LogP contribution in [0.1, 0.15) is 22.7 Å². The van der Waals surface area contributed by atoms with Crippen molar-refractivity contribution in [3.63, 3.8) is 0 Å². The minimum atomic E-state index is -4.39. The van der Waals surface area contributed by atoms with E-state index in [0.717, 1.165) is 12.1 Å². The average Bonchev–Trinajstić information content (AvgIpc) is 2.48. The summed E-state index contributed by atoms with van der Waals surface area (Å²) in [4.78, 5) is 11.5. The van der Waals surface area contributed by atoms with Crippen molar-refractivity contribution >= 4 is 5.91 Å². The summed E-state index contributed by atoms with van der Waals surface area (Å²) in [5, 5.41) is 2.89. The molecule has 22 heavy (non-hydrogen) atoms. The maximum Gasteiger partial charge on any atom is 0.416 e. The van der Waals surface area contributed by atoms with E-state index < -0.39 is 23.7 Å². The summed E-state index contributed by atoms with van der Waals surface area (Å²) in [5.74, 6) is -0.585. The molecule has 0 aliphatic heterocycles. The average molecular weight is 308 g/mol. The Bertz CT molecular complexity index is 641. The second-order valence-corrected chi connectivity index (χ2v) is 4.83. The maximum atomic E-state index is 12.7. The van der Waals surface area contributed by atoms with Crippen molar-refractivity contribution in [3.05, 3.63) is 71.3 Å². The highest BCUT2D eigenvalue weighted by molar-refractivity contribution is 5.81. The molecule has 2 aromatic carbocycles. The van der Waals surface area contributed by atoms with Crippen molar-refractivity contribution < 1.29 is 18.0 Å². The normalized spacial score (nSPS) is 12.9. The third-order valence-corrected chi connectivity index (χ3v) is 3.18. The van der Waals surface area contributed by atoms with Crippen molar-refractivity contribution in [1.82, 2.24) is 5.32 Å². The summed E-state index contributed by atoms with van der Waals surface area (Å²) < 4.78 is 38.0. The molecule has 2 rings (SSSR count). The predicted octanol–water partition coefficient (Wildman–Crippen LogP) is 3.02. The standard InChI is InChI=1S/C16H15F3N2O/c17-16(18,19)13-8-4-5-11(9-13)10-21-14(15(20)22)12-6-2-1-3-7-12/h1-9,14,21H,10H2,(H2,20,22)/t14-/m0/s1. The number of alkyl halides is 3. The first-order valence-corrected chi connectivity index (χ1v) is 6.61. The Morgan fingerprint density at radius 3 is 2.36 bits per heavy atom. The summed E-state index contributed by atoms with van der Waals surface area (Å²) in [6, 6.07) is 13.0. The van der Waals surface area contributed by atoms with Gasteiger partial charge in [0.25, 0.3) is 0 Å². The van der Waals surface area contributed by atoms with Gasteiger partial charge in [-0.05, 0) is 17.2 Å². The molecule has 2 aromatic rings. The van der Waals surface area contributed by atoms with Crippen molar-refractivity contribution in [2.75, 3.05) is 0 Å². The lowest BCUT2D eigenvalue weighted by molar-refractivity contribution is -0.137. The largest absolute Gasteiger partial charge is 0.416 e. The summed E-state index contributed by atoms with van der Waals surface area (Å²) in [5.41, 5.74) is 5.73. The Labute approximate surface area is 125 Å². The molecule has 0 saturated heterocycles. The van der Waals surface area contributed by atoms with Gasteiger partial charge in [0.1, 0.15) is 6.04 Å². The smallest absolute Gasteiger partial charge is 0.368 e. The number of carbonyl (C=O) groups excluding carboxylic acids is 1. The van der Waals surface area contributed by atoms with Crippen molar-refractivity contribution in [2.24, 2.45) is 5.73 Å². The molecule has 116 valence electrons. The molecule has 0 aliphatic rings. The minimum absolute atomic E-state index is 0.104. The maximum absolute atomic E-state index is 12.7. The number of halogens is 3. The molecule has 3 nitrogen and oxygen atoms in total. The number of rotatable bonds is 5. The van der Waals surface area contributed by atoms with Crippen LogP contribution in [0.5, 0.6) is 0 Å². The van der Waals surface area contributed by atoms with Crippen LogP contribution < -0.4 is 11.1 Å². The van der Waals surface area contributed by atoms with Gasteiger partial charge in [-0.1, -0.05) is 48.5 Å². The number of carbonyl (C=O) groups is 1. The van der Waals surface area contributed by atoms with Crippen LogP contribution in [0.15, 0.2) is 54.6 Å². The lowest BCUT2D eigenvalue weighted by Gasteiger charge is -2.16. The number of benzene rings is 2. The van der Waals surface area contributed by atoms with E-state index in [1.807, 2.05) is 0 Å². The van der Waals surface area contributed by atoms with Gasteiger partial charge in [-0.15, -0.1) is 0 Å². The van der Waals surface area contributed by atoms with Gasteiger partial charge in [0, 0.05) is 6.54 Å². The first kappa shape index (κ1) is 16.0. The number of hydrogen-bond donors (Lipinski definition) is 2. The molecule has 0 aliphatic carbocycles. The number of nitrogens with one attached hydrogen (secondary N) is 1. The van der Waals surface area contributed by atoms with E-state index in [-0.39, 0.29) is 6.54 Å². The molecule has 0 unspecified atom stereocenters. The highest BCUT2D eigenvalue weighted by Gasteiger charge is 2.30. The fourth-order valence-electron chi connectivity index (χ4n) is 2.11. The molecule has 6 heteroatoms. The van der Waals surface area contributed by atoms with Crippen LogP contribution in [-0.4, -0.2) is 5.91 Å². The third kappa shape index (κ3) is 4.08. The van der Waals surface area contributed by atoms with Gasteiger partial charge in [0.2, 0.25) is 5.91 Å². The SMILES string of the molecule is NC(=O)[C@@H](NCc1cccc(C(F)(F)F)c1)c1ccccc1. The highest BCUT2D eigenvalue weighted by atomic mass is 19.4. The quantitative estimate of drug-likeness (QED) is 0.892. The number of hydrogen-bond acceptors (Lipinski definition) is 2. The molecule has 0 heterocycles. The van der Waals surface area contributed by atoms with Gasteiger partial charge < -0.3 is 5.73 Å². The minimum Gasteiger partial charge on any atom is -0.368 e. The zero-order valence-corrected chi connectivity index (χ0v) is 11.6. The van der Waals surface area contributed by atoms with E-state index >= 15 is 0 Å². The summed E-state index contributed by atoms with van der Waals surface area (Å²) >= 11 is 0. The van der Waals surface area contributed by atoms with Crippen molar-refractivity contribution in [1.29, 1.82) is 0 Å². The van der Waals surface area contributed by atoms with E-state index in [4.69, 9.17) is 5.73 Å². The molecule has 0 fully saturated rings. The van der Waals surface area contributed by atoms with Crippen LogP contribution in [-0.2, 0) is 17.5 Å². The van der Waals surface area contributed by atoms with E-state index in [2.05, 4.69) is 5.32 Å². The fraction of sp³-hybridized carbons (Fsp3) is 0.188. The van der Waals surface area contributed by atoms with Crippen molar-refractivity contribution in [3.8, 4) is 0 Å². The Morgan fingerprint density at radius 2 is 1.77 bits per heavy atom. The lowest BCUT2D eigenvalue weighted by atomic mass is 10.1. The zero-order valence-electron chi connectivity index (χ0n) is 11.6. The molecule has 0 radical (unpaired) electrons. The van der Waals surface area contributed by atoms with Crippen LogP contribution in [0.3, 0.4) is 0 Å². The van der Waals surface area contributed by atoms with E-state index in [0.29, 0.717) is 11.1 Å². The predicted molar refractivity (Wildman–Crippen MR) is 76.7 cm³/mol. The Kier molecular flexibility index (Phi) is 4.82. The van der Waals surface area contributed by atoms with Crippen LogP contribution in [0.2, 0.25) is 0 Å². The molecule has 1 amide bonds. The Balaban J connectivity index is 2.12. The van der Waals surface area contributed by atoms with E-state index in [9.17, 15) is 18.0 Å². The summed E-state index contributed by atoms with van der Waals surface area (Å²) in [6.07, 6.45) is -4.39. The number of amides is 1. The van der Waals surface area contributed by atoms with Crippen molar-refractivity contribution in [2.45, 2.75) is 18.8 Å². The fourth-order valence-corrected chi connectivity index (χ4v) is 2.11. The molecular weight excluding hydrogens is 293 g/mol. The van der Waals surface area contributed by atoms with Gasteiger partial charge in [-0.3, -0.25) is 10.1 Å². The van der Waals surface area contributed by atoms with Crippen LogP contribution in [0, 0.1) is 0 Å². The van der Waals surface area contributed by atoms with Crippen LogP contribution in [0.4, 0.5) is 13.2 Å². The Hall–Kier alpha value is -2.34. The van der Waals surface area contributed by atoms with E-state index in [1.165, 1.54) is 6.07 Å². The first-order valence-electron chi connectivity index (χ1n) is 6.61. The second-order valence-electron chi connectivity index (χ2n) is 4.83. The molecule has 0 aromatic heterocycles. The molecule has 0 spiro atoms. The highest BCUT2D eigenvalue weighted by Crippen LogP contribution is 2.29. The van der Waals surface area contributed by atoms with Gasteiger partial charge in [-0.2, -0.15) is 13.2 Å². The molecule has 0 saturated carbocycles.